The molecular weight excluding hydrogens is 374 g/mol. The Morgan fingerprint density at radius 1 is 1.14 bits per heavy atom. The lowest BCUT2D eigenvalue weighted by Gasteiger charge is -2.16. The molecule has 0 radical (unpaired) electrons. The van der Waals surface area contributed by atoms with E-state index in [1.165, 1.54) is 9.13 Å². The highest BCUT2D eigenvalue weighted by atomic mass is 28.3. The summed E-state index contributed by atoms with van der Waals surface area (Å²) in [6.45, 7) is 9.69. The molecule has 0 aliphatic carbocycles. The van der Waals surface area contributed by atoms with Gasteiger partial charge in [0, 0.05) is 27.9 Å². The number of pyridine rings is 1. The first-order valence-corrected chi connectivity index (χ1v) is 13.0. The molecule has 3 aromatic heterocycles. The van der Waals surface area contributed by atoms with E-state index in [9.17, 15) is 9.59 Å². The molecule has 0 aliphatic heterocycles. The zero-order valence-electron chi connectivity index (χ0n) is 17.1. The second-order valence-corrected chi connectivity index (χ2v) is 13.8. The Morgan fingerprint density at radius 2 is 1.89 bits per heavy atom. The highest BCUT2D eigenvalue weighted by Crippen LogP contribution is 2.12. The van der Waals surface area contributed by atoms with Gasteiger partial charge in [0.25, 0.3) is 5.56 Å². The van der Waals surface area contributed by atoms with E-state index in [0.29, 0.717) is 29.3 Å². The summed E-state index contributed by atoms with van der Waals surface area (Å²) in [5.74, 6) is 0.644. The number of rotatable bonds is 7. The van der Waals surface area contributed by atoms with Crippen molar-refractivity contribution in [1.82, 2.24) is 23.7 Å². The predicted molar refractivity (Wildman–Crippen MR) is 111 cm³/mol. The molecule has 3 aromatic rings. The van der Waals surface area contributed by atoms with Crippen LogP contribution in [0.5, 0.6) is 0 Å². The fourth-order valence-electron chi connectivity index (χ4n) is 2.97. The van der Waals surface area contributed by atoms with Crippen LogP contribution in [0.25, 0.3) is 11.2 Å². The van der Waals surface area contributed by atoms with Crippen molar-refractivity contribution in [3.05, 3.63) is 56.8 Å². The first-order valence-electron chi connectivity index (χ1n) is 9.33. The van der Waals surface area contributed by atoms with Crippen LogP contribution in [0.3, 0.4) is 0 Å². The minimum Gasteiger partial charge on any atom is -0.361 e. The highest BCUT2D eigenvalue weighted by molar-refractivity contribution is 6.76. The zero-order chi connectivity index (χ0) is 20.5. The smallest absolute Gasteiger partial charge is 0.332 e. The van der Waals surface area contributed by atoms with Crippen LogP contribution in [0, 0.1) is 6.92 Å². The molecule has 0 spiro atoms. The second kappa shape index (κ2) is 7.84. The van der Waals surface area contributed by atoms with E-state index >= 15 is 0 Å². The molecule has 0 fully saturated rings. The van der Waals surface area contributed by atoms with E-state index in [0.717, 1.165) is 6.04 Å². The maximum Gasteiger partial charge on any atom is 0.332 e. The number of hydrogen-bond donors (Lipinski definition) is 0. The van der Waals surface area contributed by atoms with Crippen LogP contribution in [0.15, 0.2) is 34.0 Å². The van der Waals surface area contributed by atoms with E-state index in [-0.39, 0.29) is 18.8 Å². The molecule has 3 rings (SSSR count). The van der Waals surface area contributed by atoms with Crippen molar-refractivity contribution in [1.29, 1.82) is 0 Å². The van der Waals surface area contributed by atoms with Gasteiger partial charge in [-0.15, -0.1) is 0 Å². The number of imidazole rings is 1. The Morgan fingerprint density at radius 3 is 2.54 bits per heavy atom. The minimum atomic E-state index is -1.19. The van der Waals surface area contributed by atoms with E-state index in [2.05, 4.69) is 29.6 Å². The van der Waals surface area contributed by atoms with Crippen molar-refractivity contribution in [3.8, 4) is 0 Å². The van der Waals surface area contributed by atoms with Crippen LogP contribution in [0.2, 0.25) is 25.7 Å². The average molecular weight is 402 g/mol. The van der Waals surface area contributed by atoms with Crippen molar-refractivity contribution in [2.75, 3.05) is 6.61 Å². The van der Waals surface area contributed by atoms with Gasteiger partial charge in [-0.3, -0.25) is 23.5 Å². The Hall–Kier alpha value is -2.52. The number of fused-ring (bicyclic) bond motifs is 1. The van der Waals surface area contributed by atoms with Gasteiger partial charge >= 0.3 is 5.69 Å². The van der Waals surface area contributed by atoms with Crippen LogP contribution >= 0.6 is 0 Å². The summed E-state index contributed by atoms with van der Waals surface area (Å²) in [7, 11) is 0.433. The fraction of sp³-hybridized carbons (Fsp3) is 0.474. The van der Waals surface area contributed by atoms with Gasteiger partial charge in [0.15, 0.2) is 11.2 Å². The predicted octanol–water partition coefficient (Wildman–Crippen LogP) is 1.96. The molecule has 0 bridgehead atoms. The monoisotopic (exact) mass is 401 g/mol. The molecule has 0 aliphatic rings. The lowest BCUT2D eigenvalue weighted by Crippen LogP contribution is -2.40. The molecule has 0 atom stereocenters. The average Bonchev–Trinajstić information content (AvgIpc) is 2.97. The molecule has 8 nitrogen and oxygen atoms in total. The molecule has 0 unspecified atom stereocenters. The van der Waals surface area contributed by atoms with E-state index in [1.807, 2.05) is 13.0 Å². The maximum atomic E-state index is 13.1. The number of hydrogen-bond acceptors (Lipinski definition) is 5. The van der Waals surface area contributed by atoms with Crippen LogP contribution in [-0.4, -0.2) is 38.4 Å². The summed E-state index contributed by atoms with van der Waals surface area (Å²) in [6, 6.07) is 6.46. The third-order valence-corrected chi connectivity index (χ3v) is 6.39. The van der Waals surface area contributed by atoms with Crippen LogP contribution in [0.4, 0.5) is 0 Å². The number of nitrogens with zero attached hydrogens (tertiary/aromatic N) is 5. The lowest BCUT2D eigenvalue weighted by molar-refractivity contribution is 0.0883. The molecule has 9 heteroatoms. The van der Waals surface area contributed by atoms with Crippen molar-refractivity contribution < 1.29 is 4.74 Å². The second-order valence-electron chi connectivity index (χ2n) is 8.16. The molecule has 150 valence electrons. The van der Waals surface area contributed by atoms with E-state index in [1.54, 1.807) is 29.9 Å². The summed E-state index contributed by atoms with van der Waals surface area (Å²) >= 11 is 0. The number of aromatic nitrogens is 5. The Labute approximate surface area is 164 Å². The third kappa shape index (κ3) is 4.15. The molecule has 3 heterocycles. The van der Waals surface area contributed by atoms with Gasteiger partial charge < -0.3 is 4.74 Å². The first kappa shape index (κ1) is 20.2. The lowest BCUT2D eigenvalue weighted by atomic mass is 10.3. The summed E-state index contributed by atoms with van der Waals surface area (Å²) in [5, 5.41) is 0. The Balaban J connectivity index is 2.00. The molecule has 0 N–H and O–H groups in total. The van der Waals surface area contributed by atoms with Gasteiger partial charge in [-0.1, -0.05) is 25.7 Å². The van der Waals surface area contributed by atoms with Gasteiger partial charge in [0.2, 0.25) is 0 Å². The largest absolute Gasteiger partial charge is 0.361 e. The minimum absolute atomic E-state index is 0.114. The third-order valence-electron chi connectivity index (χ3n) is 4.69. The van der Waals surface area contributed by atoms with Crippen molar-refractivity contribution in [3.63, 3.8) is 0 Å². The topological polar surface area (TPSA) is 83.9 Å². The van der Waals surface area contributed by atoms with Gasteiger partial charge in [-0.2, -0.15) is 0 Å². The van der Waals surface area contributed by atoms with Gasteiger partial charge in [-0.05, 0) is 25.1 Å². The standard InChI is InChI=1S/C19H27N5O3Si/c1-14-21-17-16(24(14)13-27-10-11-28(3,4)5)18(25)23(19(26)22(17)2)12-15-8-6-7-9-20-15/h6-9H,10-13H2,1-5H3. The molecule has 0 saturated heterocycles. The summed E-state index contributed by atoms with van der Waals surface area (Å²) < 4.78 is 10.2. The number of aryl methyl sites for hydroxylation is 2. The summed E-state index contributed by atoms with van der Waals surface area (Å²) in [5.41, 5.74) is 0.614. The van der Waals surface area contributed by atoms with Crippen molar-refractivity contribution in [2.24, 2.45) is 7.05 Å². The SMILES string of the molecule is Cc1nc2c(c(=O)n(Cc3ccccn3)c(=O)n2C)n1COCC[Si](C)(C)C. The first-order chi connectivity index (χ1) is 13.2. The molecule has 28 heavy (non-hydrogen) atoms. The van der Waals surface area contributed by atoms with E-state index in [4.69, 9.17) is 4.74 Å². The van der Waals surface area contributed by atoms with Crippen LogP contribution in [-0.2, 0) is 25.1 Å². The molecule has 0 amide bonds. The summed E-state index contributed by atoms with van der Waals surface area (Å²) in [6.07, 6.45) is 1.64. The molecular formula is C19H27N5O3Si. The van der Waals surface area contributed by atoms with Gasteiger partial charge in [-0.25, -0.2) is 9.78 Å². The van der Waals surface area contributed by atoms with Crippen LogP contribution < -0.4 is 11.2 Å². The normalized spacial score (nSPS) is 12.0. The molecule has 0 saturated carbocycles. The quantitative estimate of drug-likeness (QED) is 0.446. The van der Waals surface area contributed by atoms with Crippen LogP contribution in [0.1, 0.15) is 11.5 Å². The Kier molecular flexibility index (Phi) is 5.66. The van der Waals surface area contributed by atoms with Crippen molar-refractivity contribution in [2.45, 2.75) is 45.9 Å². The zero-order valence-corrected chi connectivity index (χ0v) is 18.1. The van der Waals surface area contributed by atoms with Crippen molar-refractivity contribution >= 4 is 19.2 Å². The Bertz CT molecular complexity index is 1090. The summed E-state index contributed by atoms with van der Waals surface area (Å²) in [4.78, 5) is 34.5. The highest BCUT2D eigenvalue weighted by Gasteiger charge is 2.19. The maximum absolute atomic E-state index is 13.1. The number of ether oxygens (including phenoxy) is 1. The molecule has 0 aromatic carbocycles. The van der Waals surface area contributed by atoms with Gasteiger partial charge in [0.1, 0.15) is 12.6 Å². The van der Waals surface area contributed by atoms with Gasteiger partial charge in [0.05, 0.1) is 12.2 Å². The fourth-order valence-corrected chi connectivity index (χ4v) is 3.72. The van der Waals surface area contributed by atoms with E-state index < -0.39 is 13.8 Å².